The Morgan fingerprint density at radius 3 is 2.33 bits per heavy atom. The van der Waals surface area contributed by atoms with Crippen LogP contribution < -0.4 is 0 Å². The number of benzene rings is 2. The summed E-state index contributed by atoms with van der Waals surface area (Å²) in [5.41, 5.74) is 1.58. The average molecular weight is 378 g/mol. The van der Waals surface area contributed by atoms with Crippen LogP contribution in [0.15, 0.2) is 54.9 Å². The molecule has 0 aliphatic heterocycles. The molecule has 2 aromatic carbocycles. The molecule has 6 heteroatoms. The van der Waals surface area contributed by atoms with Crippen LogP contribution in [0.5, 0.6) is 0 Å². The molecule has 0 atom stereocenters. The molecule has 1 heterocycles. The maximum Gasteiger partial charge on any atom is 0.196 e. The summed E-state index contributed by atoms with van der Waals surface area (Å²) < 4.78 is 0. The summed E-state index contributed by atoms with van der Waals surface area (Å²) in [6.45, 7) is 0. The minimum absolute atomic E-state index is 0.187. The maximum atomic E-state index is 12.9. The third kappa shape index (κ3) is 3.70. The smallest absolute Gasteiger partial charge is 0.196 e. The zero-order valence-electron chi connectivity index (χ0n) is 12.3. The average Bonchev–Trinajstić information content (AvgIpc) is 3.08. The standard InChI is InChI=1S/C18H11Cl3N2O/c19-13-4-1-11(2-5-13)17(24)15(18-22-7-8-23-18)9-12-3-6-14(20)10-16(12)21/h1-10H,(H,22,23). The van der Waals surface area contributed by atoms with Crippen molar-refractivity contribution in [2.75, 3.05) is 0 Å². The van der Waals surface area contributed by atoms with Gasteiger partial charge in [-0.25, -0.2) is 4.98 Å². The molecule has 0 saturated carbocycles. The van der Waals surface area contributed by atoms with Gasteiger partial charge < -0.3 is 4.98 Å². The van der Waals surface area contributed by atoms with Crippen molar-refractivity contribution < 1.29 is 4.79 Å². The van der Waals surface area contributed by atoms with Gasteiger partial charge in [0.2, 0.25) is 0 Å². The van der Waals surface area contributed by atoms with Gasteiger partial charge in [-0.2, -0.15) is 0 Å². The highest BCUT2D eigenvalue weighted by atomic mass is 35.5. The Morgan fingerprint density at radius 2 is 1.71 bits per heavy atom. The zero-order chi connectivity index (χ0) is 17.1. The molecule has 0 amide bonds. The van der Waals surface area contributed by atoms with Crippen LogP contribution in [0.3, 0.4) is 0 Å². The van der Waals surface area contributed by atoms with Gasteiger partial charge in [-0.15, -0.1) is 0 Å². The van der Waals surface area contributed by atoms with Crippen molar-refractivity contribution in [2.24, 2.45) is 0 Å². The zero-order valence-corrected chi connectivity index (χ0v) is 14.5. The lowest BCUT2D eigenvalue weighted by atomic mass is 10.0. The molecule has 0 spiro atoms. The van der Waals surface area contributed by atoms with E-state index in [9.17, 15) is 4.79 Å². The van der Waals surface area contributed by atoms with Crippen molar-refractivity contribution in [2.45, 2.75) is 0 Å². The SMILES string of the molecule is O=C(C(=Cc1ccc(Cl)cc1Cl)c1ncc[nH]1)c1ccc(Cl)cc1. The molecule has 1 N–H and O–H groups in total. The molecule has 3 aromatic rings. The molecule has 0 saturated heterocycles. The number of allylic oxidation sites excluding steroid dienone is 1. The van der Waals surface area contributed by atoms with E-state index in [0.29, 0.717) is 37.6 Å². The van der Waals surface area contributed by atoms with Crippen LogP contribution in [0, 0.1) is 0 Å². The number of Topliss-reactive ketones (excluding diaryl/α,β-unsaturated/α-hetero) is 1. The Labute approximate surface area is 153 Å². The number of H-pyrrole nitrogens is 1. The summed E-state index contributed by atoms with van der Waals surface area (Å²) in [5, 5.41) is 1.55. The quantitative estimate of drug-likeness (QED) is 0.462. The third-order valence-corrected chi connectivity index (χ3v) is 4.18. The number of ketones is 1. The minimum Gasteiger partial charge on any atom is -0.345 e. The van der Waals surface area contributed by atoms with Gasteiger partial charge in [0.15, 0.2) is 5.78 Å². The highest BCUT2D eigenvalue weighted by Crippen LogP contribution is 2.27. The van der Waals surface area contributed by atoms with Gasteiger partial charge in [0, 0.05) is 33.0 Å². The summed E-state index contributed by atoms with van der Waals surface area (Å²) in [7, 11) is 0. The Morgan fingerprint density at radius 1 is 1.00 bits per heavy atom. The van der Waals surface area contributed by atoms with Crippen molar-refractivity contribution in [3.8, 4) is 0 Å². The van der Waals surface area contributed by atoms with E-state index in [4.69, 9.17) is 34.8 Å². The van der Waals surface area contributed by atoms with Gasteiger partial charge in [0.1, 0.15) is 5.82 Å². The number of aromatic amines is 1. The number of halogens is 3. The predicted octanol–water partition coefficient (Wildman–Crippen LogP) is 5.79. The maximum absolute atomic E-state index is 12.9. The number of hydrogen-bond donors (Lipinski definition) is 1. The largest absolute Gasteiger partial charge is 0.345 e. The lowest BCUT2D eigenvalue weighted by Crippen LogP contribution is -2.04. The van der Waals surface area contributed by atoms with Crippen LogP contribution in [0.25, 0.3) is 11.6 Å². The van der Waals surface area contributed by atoms with E-state index < -0.39 is 0 Å². The van der Waals surface area contributed by atoms with Crippen molar-refractivity contribution in [1.82, 2.24) is 9.97 Å². The van der Waals surface area contributed by atoms with Crippen LogP contribution in [0.2, 0.25) is 15.1 Å². The van der Waals surface area contributed by atoms with Gasteiger partial charge in [0.05, 0.1) is 5.57 Å². The summed E-state index contributed by atoms with van der Waals surface area (Å²) >= 11 is 18.0. The first kappa shape index (κ1) is 16.8. The first-order valence-electron chi connectivity index (χ1n) is 7.01. The number of carbonyl (C=O) groups excluding carboxylic acids is 1. The van der Waals surface area contributed by atoms with Gasteiger partial charge in [0.25, 0.3) is 0 Å². The van der Waals surface area contributed by atoms with Gasteiger partial charge in [-0.3, -0.25) is 4.79 Å². The highest BCUT2D eigenvalue weighted by molar-refractivity contribution is 6.37. The number of nitrogens with one attached hydrogen (secondary N) is 1. The number of carbonyl (C=O) groups is 1. The highest BCUT2D eigenvalue weighted by Gasteiger charge is 2.17. The van der Waals surface area contributed by atoms with Crippen LogP contribution in [-0.4, -0.2) is 15.8 Å². The monoisotopic (exact) mass is 376 g/mol. The number of aromatic nitrogens is 2. The molecule has 0 radical (unpaired) electrons. The normalized spacial score (nSPS) is 11.5. The van der Waals surface area contributed by atoms with E-state index in [-0.39, 0.29) is 5.78 Å². The van der Waals surface area contributed by atoms with E-state index >= 15 is 0 Å². The first-order valence-corrected chi connectivity index (χ1v) is 8.15. The molecule has 1 aromatic heterocycles. The fraction of sp³-hybridized carbons (Fsp3) is 0. The van der Waals surface area contributed by atoms with Crippen LogP contribution in [0.4, 0.5) is 0 Å². The minimum atomic E-state index is -0.187. The van der Waals surface area contributed by atoms with Gasteiger partial charge >= 0.3 is 0 Å². The Hall–Kier alpha value is -2.07. The Kier molecular flexibility index (Phi) is 5.05. The number of imidazole rings is 1. The van der Waals surface area contributed by atoms with E-state index in [1.807, 2.05) is 0 Å². The van der Waals surface area contributed by atoms with E-state index in [1.165, 1.54) is 0 Å². The second-order valence-electron chi connectivity index (χ2n) is 5.00. The van der Waals surface area contributed by atoms with E-state index in [1.54, 1.807) is 60.9 Å². The topological polar surface area (TPSA) is 45.8 Å². The van der Waals surface area contributed by atoms with Crippen molar-refractivity contribution in [3.63, 3.8) is 0 Å². The fourth-order valence-electron chi connectivity index (χ4n) is 2.18. The molecule has 120 valence electrons. The molecular weight excluding hydrogens is 367 g/mol. The molecule has 3 nitrogen and oxygen atoms in total. The first-order chi connectivity index (χ1) is 11.5. The predicted molar refractivity (Wildman–Crippen MR) is 98.7 cm³/mol. The van der Waals surface area contributed by atoms with Crippen LogP contribution in [-0.2, 0) is 0 Å². The van der Waals surface area contributed by atoms with Crippen LogP contribution in [0.1, 0.15) is 21.7 Å². The summed E-state index contributed by atoms with van der Waals surface area (Å²) in [4.78, 5) is 20.0. The molecule has 0 fully saturated rings. The molecule has 3 rings (SSSR count). The molecule has 0 aliphatic rings. The lowest BCUT2D eigenvalue weighted by molar-refractivity contribution is 0.105. The van der Waals surface area contributed by atoms with Crippen molar-refractivity contribution >= 4 is 52.2 Å². The van der Waals surface area contributed by atoms with E-state index in [2.05, 4.69) is 9.97 Å². The molecule has 0 unspecified atom stereocenters. The summed E-state index contributed by atoms with van der Waals surface area (Å²) in [6.07, 6.45) is 4.93. The van der Waals surface area contributed by atoms with E-state index in [0.717, 1.165) is 0 Å². The fourth-order valence-corrected chi connectivity index (χ4v) is 2.77. The lowest BCUT2D eigenvalue weighted by Gasteiger charge is -2.06. The van der Waals surface area contributed by atoms with Gasteiger partial charge in [-0.05, 0) is 48.0 Å². The summed E-state index contributed by atoms with van der Waals surface area (Å²) in [6, 6.07) is 11.8. The molecular formula is C18H11Cl3N2O. The van der Waals surface area contributed by atoms with Gasteiger partial charge in [-0.1, -0.05) is 40.9 Å². The van der Waals surface area contributed by atoms with Crippen molar-refractivity contribution in [1.29, 1.82) is 0 Å². The second-order valence-corrected chi connectivity index (χ2v) is 6.28. The third-order valence-electron chi connectivity index (χ3n) is 3.37. The summed E-state index contributed by atoms with van der Waals surface area (Å²) in [5.74, 6) is 0.272. The van der Waals surface area contributed by atoms with Crippen LogP contribution >= 0.6 is 34.8 Å². The Balaban J connectivity index is 2.08. The number of nitrogens with zero attached hydrogens (tertiary/aromatic N) is 1. The van der Waals surface area contributed by atoms with Crippen molar-refractivity contribution in [3.05, 3.63) is 86.9 Å². The Bertz CT molecular complexity index is 901. The number of hydrogen-bond acceptors (Lipinski definition) is 2. The molecule has 24 heavy (non-hydrogen) atoms. The molecule has 0 aliphatic carbocycles. The molecule has 0 bridgehead atoms. The number of rotatable bonds is 4. The second kappa shape index (κ2) is 7.22.